The standard InChI is InChI=1S/C13H20BrNO/c1-15-12(13-11(14)8-9-16-13)7-6-10-4-2-3-5-10/h8-10,12,15H,2-7H2,1H3. The minimum Gasteiger partial charge on any atom is -0.466 e. The van der Waals surface area contributed by atoms with Crippen molar-refractivity contribution in [1.29, 1.82) is 0 Å². The number of nitrogens with one attached hydrogen (secondary N) is 1. The van der Waals surface area contributed by atoms with Crippen molar-refractivity contribution in [3.05, 3.63) is 22.6 Å². The van der Waals surface area contributed by atoms with Crippen LogP contribution in [0.5, 0.6) is 0 Å². The van der Waals surface area contributed by atoms with E-state index in [0.29, 0.717) is 6.04 Å². The van der Waals surface area contributed by atoms with E-state index in [9.17, 15) is 0 Å². The Morgan fingerprint density at radius 3 is 2.81 bits per heavy atom. The van der Waals surface area contributed by atoms with Crippen LogP contribution in [-0.2, 0) is 0 Å². The van der Waals surface area contributed by atoms with Gasteiger partial charge in [0, 0.05) is 0 Å². The Hall–Kier alpha value is -0.280. The zero-order valence-corrected chi connectivity index (χ0v) is 11.4. The molecule has 1 unspecified atom stereocenters. The van der Waals surface area contributed by atoms with Crippen molar-refractivity contribution >= 4 is 15.9 Å². The van der Waals surface area contributed by atoms with Gasteiger partial charge in [0.15, 0.2) is 0 Å². The highest BCUT2D eigenvalue weighted by molar-refractivity contribution is 9.10. The molecule has 1 aliphatic carbocycles. The Morgan fingerprint density at radius 2 is 2.25 bits per heavy atom. The third-order valence-electron chi connectivity index (χ3n) is 3.65. The molecule has 0 saturated heterocycles. The molecule has 0 aromatic carbocycles. The number of halogens is 1. The van der Waals surface area contributed by atoms with E-state index in [1.165, 1.54) is 38.5 Å². The predicted octanol–water partition coefficient (Wildman–Crippen LogP) is 4.27. The van der Waals surface area contributed by atoms with Crippen LogP contribution in [0.2, 0.25) is 0 Å². The van der Waals surface area contributed by atoms with Gasteiger partial charge < -0.3 is 9.73 Å². The molecule has 90 valence electrons. The van der Waals surface area contributed by atoms with Crippen LogP contribution in [-0.4, -0.2) is 7.05 Å². The first-order valence-electron chi connectivity index (χ1n) is 6.21. The van der Waals surface area contributed by atoms with E-state index < -0.39 is 0 Å². The SMILES string of the molecule is CNC(CCC1CCCC1)c1occc1Br. The van der Waals surface area contributed by atoms with Crippen molar-refractivity contribution in [2.75, 3.05) is 7.05 Å². The minimum atomic E-state index is 0.352. The van der Waals surface area contributed by atoms with Gasteiger partial charge in [0.05, 0.1) is 16.8 Å². The number of hydrogen-bond acceptors (Lipinski definition) is 2. The highest BCUT2D eigenvalue weighted by Gasteiger charge is 2.20. The maximum Gasteiger partial charge on any atom is 0.134 e. The fourth-order valence-electron chi connectivity index (χ4n) is 2.66. The van der Waals surface area contributed by atoms with Gasteiger partial charge in [-0.05, 0) is 47.8 Å². The lowest BCUT2D eigenvalue weighted by Gasteiger charge is -2.16. The molecule has 1 fully saturated rings. The van der Waals surface area contributed by atoms with Crippen molar-refractivity contribution in [2.24, 2.45) is 5.92 Å². The highest BCUT2D eigenvalue weighted by Crippen LogP contribution is 2.33. The first kappa shape index (κ1) is 12.2. The second-order valence-corrected chi connectivity index (χ2v) is 5.56. The van der Waals surface area contributed by atoms with E-state index in [1.54, 1.807) is 6.26 Å². The van der Waals surface area contributed by atoms with Gasteiger partial charge in [-0.2, -0.15) is 0 Å². The van der Waals surface area contributed by atoms with E-state index in [0.717, 1.165) is 16.2 Å². The Morgan fingerprint density at radius 1 is 1.50 bits per heavy atom. The molecule has 1 heterocycles. The highest BCUT2D eigenvalue weighted by atomic mass is 79.9. The molecule has 0 bridgehead atoms. The molecule has 1 N–H and O–H groups in total. The van der Waals surface area contributed by atoms with Gasteiger partial charge in [0.2, 0.25) is 0 Å². The van der Waals surface area contributed by atoms with Crippen LogP contribution < -0.4 is 5.32 Å². The normalized spacial score (nSPS) is 19.1. The van der Waals surface area contributed by atoms with Gasteiger partial charge in [-0.3, -0.25) is 0 Å². The molecule has 1 atom stereocenters. The van der Waals surface area contributed by atoms with Gasteiger partial charge in [0.25, 0.3) is 0 Å². The second kappa shape index (κ2) is 5.87. The third kappa shape index (κ3) is 2.89. The summed E-state index contributed by atoms with van der Waals surface area (Å²) in [5.41, 5.74) is 0. The summed E-state index contributed by atoms with van der Waals surface area (Å²) in [5.74, 6) is 1.99. The second-order valence-electron chi connectivity index (χ2n) is 4.70. The molecule has 16 heavy (non-hydrogen) atoms. The smallest absolute Gasteiger partial charge is 0.134 e. The lowest BCUT2D eigenvalue weighted by molar-refractivity contribution is 0.372. The van der Waals surface area contributed by atoms with Crippen LogP contribution in [0.4, 0.5) is 0 Å². The van der Waals surface area contributed by atoms with E-state index in [-0.39, 0.29) is 0 Å². The lowest BCUT2D eigenvalue weighted by Crippen LogP contribution is -2.17. The molecule has 0 spiro atoms. The number of furan rings is 1. The zero-order chi connectivity index (χ0) is 11.4. The van der Waals surface area contributed by atoms with Crippen LogP contribution in [0.1, 0.15) is 50.3 Å². The Kier molecular flexibility index (Phi) is 4.47. The summed E-state index contributed by atoms with van der Waals surface area (Å²) in [6, 6.07) is 2.32. The summed E-state index contributed by atoms with van der Waals surface area (Å²) in [4.78, 5) is 0. The van der Waals surface area contributed by atoms with Crippen molar-refractivity contribution in [2.45, 2.75) is 44.6 Å². The average molecular weight is 286 g/mol. The Labute approximate surface area is 106 Å². The molecule has 2 nitrogen and oxygen atoms in total. The van der Waals surface area contributed by atoms with Crippen molar-refractivity contribution in [3.8, 4) is 0 Å². The monoisotopic (exact) mass is 285 g/mol. The minimum absolute atomic E-state index is 0.352. The molecule has 1 aromatic heterocycles. The Balaban J connectivity index is 1.88. The Bertz CT molecular complexity index is 317. The van der Waals surface area contributed by atoms with Crippen LogP contribution in [0.15, 0.2) is 21.2 Å². The average Bonchev–Trinajstić information content (AvgIpc) is 2.92. The quantitative estimate of drug-likeness (QED) is 0.874. The predicted molar refractivity (Wildman–Crippen MR) is 69.4 cm³/mol. The fourth-order valence-corrected chi connectivity index (χ4v) is 3.14. The number of rotatable bonds is 5. The fraction of sp³-hybridized carbons (Fsp3) is 0.692. The summed E-state index contributed by atoms with van der Waals surface area (Å²) in [6.45, 7) is 0. The zero-order valence-electron chi connectivity index (χ0n) is 9.84. The van der Waals surface area contributed by atoms with Gasteiger partial charge >= 0.3 is 0 Å². The van der Waals surface area contributed by atoms with Crippen molar-refractivity contribution < 1.29 is 4.42 Å². The van der Waals surface area contributed by atoms with E-state index in [1.807, 2.05) is 13.1 Å². The van der Waals surface area contributed by atoms with Gasteiger partial charge in [-0.1, -0.05) is 25.7 Å². The van der Waals surface area contributed by atoms with E-state index in [2.05, 4.69) is 21.2 Å². The summed E-state index contributed by atoms with van der Waals surface area (Å²) in [7, 11) is 2.01. The third-order valence-corrected chi connectivity index (χ3v) is 4.30. The largest absolute Gasteiger partial charge is 0.466 e. The molecule has 2 rings (SSSR count). The molecule has 1 aromatic rings. The summed E-state index contributed by atoms with van der Waals surface area (Å²) >= 11 is 3.53. The molecular formula is C13H20BrNO. The van der Waals surface area contributed by atoms with Crippen LogP contribution in [0, 0.1) is 5.92 Å². The van der Waals surface area contributed by atoms with Gasteiger partial charge in [0.1, 0.15) is 5.76 Å². The van der Waals surface area contributed by atoms with Gasteiger partial charge in [-0.15, -0.1) is 0 Å². The molecule has 0 amide bonds. The summed E-state index contributed by atoms with van der Waals surface area (Å²) < 4.78 is 6.60. The van der Waals surface area contributed by atoms with E-state index >= 15 is 0 Å². The molecule has 0 radical (unpaired) electrons. The van der Waals surface area contributed by atoms with Crippen molar-refractivity contribution in [3.63, 3.8) is 0 Å². The lowest BCUT2D eigenvalue weighted by atomic mass is 9.97. The first-order valence-corrected chi connectivity index (χ1v) is 7.00. The summed E-state index contributed by atoms with van der Waals surface area (Å²) in [6.07, 6.45) is 9.95. The maximum atomic E-state index is 5.52. The first-order chi connectivity index (χ1) is 7.81. The van der Waals surface area contributed by atoms with Crippen LogP contribution in [0.25, 0.3) is 0 Å². The molecule has 1 saturated carbocycles. The van der Waals surface area contributed by atoms with Gasteiger partial charge in [-0.25, -0.2) is 0 Å². The summed E-state index contributed by atoms with van der Waals surface area (Å²) in [5, 5.41) is 3.35. The molecule has 3 heteroatoms. The number of hydrogen-bond donors (Lipinski definition) is 1. The van der Waals surface area contributed by atoms with Crippen LogP contribution in [0.3, 0.4) is 0 Å². The molecule has 0 aliphatic heterocycles. The topological polar surface area (TPSA) is 25.2 Å². The van der Waals surface area contributed by atoms with Crippen molar-refractivity contribution in [1.82, 2.24) is 5.32 Å². The maximum absolute atomic E-state index is 5.52. The molecular weight excluding hydrogens is 266 g/mol. The van der Waals surface area contributed by atoms with E-state index in [4.69, 9.17) is 4.42 Å². The molecule has 1 aliphatic rings. The van der Waals surface area contributed by atoms with Crippen LogP contribution >= 0.6 is 15.9 Å².